The molecule has 1 aromatic rings. The predicted octanol–water partition coefficient (Wildman–Crippen LogP) is 1.12. The van der Waals surface area contributed by atoms with Crippen molar-refractivity contribution >= 4 is 36.2 Å². The van der Waals surface area contributed by atoms with Gasteiger partial charge in [0.1, 0.15) is 6.04 Å². The number of halogens is 1. The molecule has 4 N–H and O–H groups in total. The third-order valence-electron chi connectivity index (χ3n) is 3.46. The van der Waals surface area contributed by atoms with E-state index in [1.807, 2.05) is 30.3 Å². The van der Waals surface area contributed by atoms with Crippen molar-refractivity contribution in [2.45, 2.75) is 44.6 Å². The van der Waals surface area contributed by atoms with Gasteiger partial charge in [-0.2, -0.15) is 9.59 Å². The summed E-state index contributed by atoms with van der Waals surface area (Å²) in [4.78, 5) is 50.2. The number of unbranched alkanes of at least 4 members (excludes halogenated alkanes) is 2. The minimum absolute atomic E-state index is 0. The van der Waals surface area contributed by atoms with Crippen LogP contribution in [0.2, 0.25) is 0 Å². The minimum atomic E-state index is -1.00. The molecule has 0 spiro atoms. The second-order valence-corrected chi connectivity index (χ2v) is 5.61. The van der Waals surface area contributed by atoms with Crippen LogP contribution < -0.4 is 11.1 Å². The third-order valence-corrected chi connectivity index (χ3v) is 3.46. The highest BCUT2D eigenvalue weighted by Gasteiger charge is 2.10. The van der Waals surface area contributed by atoms with Gasteiger partial charge in [0.25, 0.3) is 0 Å². The summed E-state index contributed by atoms with van der Waals surface area (Å²) in [6, 6.07) is 8.55. The molecule has 0 heterocycles. The van der Waals surface area contributed by atoms with Gasteiger partial charge in [0.05, 0.1) is 6.54 Å². The topological polar surface area (TPSA) is 144 Å². The van der Waals surface area contributed by atoms with Crippen LogP contribution in [0.5, 0.6) is 0 Å². The Morgan fingerprint density at radius 2 is 1.67 bits per heavy atom. The molecule has 0 radical (unpaired) electrons. The number of benzene rings is 1. The van der Waals surface area contributed by atoms with E-state index in [0.717, 1.165) is 12.0 Å². The number of hydrogen-bond donors (Lipinski definition) is 3. The van der Waals surface area contributed by atoms with Crippen molar-refractivity contribution < 1.29 is 29.1 Å². The molecule has 0 unspecified atom stereocenters. The molecule has 0 aliphatic rings. The fourth-order valence-corrected chi connectivity index (χ4v) is 2.12. The van der Waals surface area contributed by atoms with E-state index in [4.69, 9.17) is 20.4 Å². The zero-order valence-electron chi connectivity index (χ0n) is 14.9. The number of aliphatic carboxylic acids is 1. The third kappa shape index (κ3) is 15.4. The summed E-state index contributed by atoms with van der Waals surface area (Å²) in [5.41, 5.74) is 6.32. The molecule has 1 rings (SSSR count). The van der Waals surface area contributed by atoms with Crippen LogP contribution >= 0.6 is 12.4 Å². The van der Waals surface area contributed by atoms with Crippen molar-refractivity contribution in [2.75, 3.05) is 6.54 Å². The maximum Gasteiger partial charge on any atom is 0.373 e. The van der Waals surface area contributed by atoms with Crippen molar-refractivity contribution in [1.82, 2.24) is 5.32 Å². The molecule has 1 aromatic carbocycles. The first kappa shape index (κ1) is 26.7. The summed E-state index contributed by atoms with van der Waals surface area (Å²) in [5, 5.41) is 11.2. The molecule has 0 bridgehead atoms. The molecular formula is C18H25ClN2O6. The number of amides is 1. The van der Waals surface area contributed by atoms with Crippen molar-refractivity contribution in [3.8, 4) is 0 Å². The van der Waals surface area contributed by atoms with E-state index in [9.17, 15) is 14.4 Å². The van der Waals surface area contributed by atoms with E-state index < -0.39 is 12.0 Å². The van der Waals surface area contributed by atoms with Gasteiger partial charge in [-0.15, -0.1) is 12.4 Å². The molecular weight excluding hydrogens is 376 g/mol. The number of hydrogen-bond acceptors (Lipinski definition) is 6. The van der Waals surface area contributed by atoms with Gasteiger partial charge in [-0.1, -0.05) is 43.2 Å². The van der Waals surface area contributed by atoms with Crippen LogP contribution in [0.4, 0.5) is 0 Å². The fourth-order valence-electron chi connectivity index (χ4n) is 2.12. The largest absolute Gasteiger partial charge is 0.480 e. The first-order valence-corrected chi connectivity index (χ1v) is 8.20. The number of carboxylic acid groups (broad SMARTS) is 1. The SMILES string of the molecule is Cl.N[C@@H](CCCCCC(=O)NCC(=O)Cc1ccccc1)C(=O)O.O=C=O. The molecule has 0 aliphatic heterocycles. The van der Waals surface area contributed by atoms with Gasteiger partial charge in [0.15, 0.2) is 5.78 Å². The number of nitrogens with two attached hydrogens (primary N) is 1. The average Bonchev–Trinajstić information content (AvgIpc) is 2.61. The van der Waals surface area contributed by atoms with E-state index in [0.29, 0.717) is 32.1 Å². The molecule has 0 fully saturated rings. The molecule has 0 aromatic heterocycles. The van der Waals surface area contributed by atoms with Crippen LogP contribution in [0.25, 0.3) is 0 Å². The minimum Gasteiger partial charge on any atom is -0.480 e. The lowest BCUT2D eigenvalue weighted by atomic mass is 10.1. The molecule has 1 atom stereocenters. The monoisotopic (exact) mass is 400 g/mol. The first-order valence-electron chi connectivity index (χ1n) is 8.20. The lowest BCUT2D eigenvalue weighted by molar-refractivity contribution is -0.191. The van der Waals surface area contributed by atoms with Crippen molar-refractivity contribution in [1.29, 1.82) is 0 Å². The molecule has 8 nitrogen and oxygen atoms in total. The van der Waals surface area contributed by atoms with Gasteiger partial charge in [-0.05, 0) is 18.4 Å². The summed E-state index contributed by atoms with van der Waals surface area (Å²) >= 11 is 0. The lowest BCUT2D eigenvalue weighted by Crippen LogP contribution is -2.30. The predicted molar refractivity (Wildman–Crippen MR) is 99.1 cm³/mol. The normalized spacial score (nSPS) is 10.3. The van der Waals surface area contributed by atoms with Gasteiger partial charge in [-0.25, -0.2) is 0 Å². The number of carbonyl (C=O) groups is 3. The van der Waals surface area contributed by atoms with E-state index in [2.05, 4.69) is 5.32 Å². The highest BCUT2D eigenvalue weighted by molar-refractivity contribution is 5.87. The Hall–Kier alpha value is -2.54. The standard InChI is InChI=1S/C17H24N2O4.CO2.ClH/c18-15(17(22)23)9-5-2-6-10-16(21)19-12-14(20)11-13-7-3-1-4-8-13;2-1-3;/h1,3-4,7-8,15H,2,5-6,9-12,18H2,(H,19,21)(H,22,23);;1H/t15-;;/m0../s1. The Morgan fingerprint density at radius 1 is 1.07 bits per heavy atom. The second kappa shape index (κ2) is 16.9. The molecule has 1 amide bonds. The summed E-state index contributed by atoms with van der Waals surface area (Å²) in [6.45, 7) is 0.0393. The van der Waals surface area contributed by atoms with E-state index in [1.165, 1.54) is 0 Å². The number of ketones is 1. The van der Waals surface area contributed by atoms with Crippen LogP contribution in [0, 0.1) is 0 Å². The number of carbonyl (C=O) groups excluding carboxylic acids is 4. The Bertz CT molecular complexity index is 603. The summed E-state index contributed by atoms with van der Waals surface area (Å²) in [7, 11) is 0. The molecule has 9 heteroatoms. The van der Waals surface area contributed by atoms with Crippen LogP contribution in [0.3, 0.4) is 0 Å². The molecule has 0 saturated heterocycles. The van der Waals surface area contributed by atoms with E-state index >= 15 is 0 Å². The Morgan fingerprint density at radius 3 is 2.22 bits per heavy atom. The number of Topliss-reactive ketones (excluding diaryl/α,β-unsaturated/α-hetero) is 1. The van der Waals surface area contributed by atoms with Crippen LogP contribution in [-0.4, -0.2) is 41.5 Å². The van der Waals surface area contributed by atoms with Crippen LogP contribution in [0.15, 0.2) is 30.3 Å². The van der Waals surface area contributed by atoms with E-state index in [1.54, 1.807) is 0 Å². The van der Waals surface area contributed by atoms with Gasteiger partial charge < -0.3 is 16.2 Å². The second-order valence-electron chi connectivity index (χ2n) is 5.61. The van der Waals surface area contributed by atoms with Crippen LogP contribution in [0.1, 0.15) is 37.7 Å². The lowest BCUT2D eigenvalue weighted by Gasteiger charge is -2.06. The van der Waals surface area contributed by atoms with Crippen molar-refractivity contribution in [2.24, 2.45) is 5.73 Å². The number of carboxylic acids is 1. The maximum absolute atomic E-state index is 11.7. The highest BCUT2D eigenvalue weighted by Crippen LogP contribution is 2.05. The summed E-state index contributed by atoms with van der Waals surface area (Å²) < 4.78 is 0. The first-order chi connectivity index (χ1) is 12.4. The quantitative estimate of drug-likeness (QED) is 0.472. The van der Waals surface area contributed by atoms with Gasteiger partial charge in [-0.3, -0.25) is 14.4 Å². The molecule has 150 valence electrons. The average molecular weight is 401 g/mol. The van der Waals surface area contributed by atoms with Gasteiger partial charge in [0, 0.05) is 12.8 Å². The molecule has 27 heavy (non-hydrogen) atoms. The Balaban J connectivity index is 0. The highest BCUT2D eigenvalue weighted by atomic mass is 35.5. The summed E-state index contributed by atoms with van der Waals surface area (Å²) in [6.07, 6.45) is 3.38. The van der Waals surface area contributed by atoms with Crippen molar-refractivity contribution in [3.05, 3.63) is 35.9 Å². The number of nitrogens with one attached hydrogen (secondary N) is 1. The maximum atomic E-state index is 11.7. The zero-order chi connectivity index (χ0) is 19.8. The zero-order valence-corrected chi connectivity index (χ0v) is 15.7. The van der Waals surface area contributed by atoms with Crippen molar-refractivity contribution in [3.63, 3.8) is 0 Å². The van der Waals surface area contributed by atoms with Crippen LogP contribution in [-0.2, 0) is 30.4 Å². The summed E-state index contributed by atoms with van der Waals surface area (Å²) in [5.74, 6) is -1.19. The molecule has 0 saturated carbocycles. The Labute approximate surface area is 163 Å². The fraction of sp³-hybridized carbons (Fsp3) is 0.444. The number of rotatable bonds is 11. The van der Waals surface area contributed by atoms with Gasteiger partial charge in [0.2, 0.25) is 5.91 Å². The molecule has 0 aliphatic carbocycles. The Kier molecular flexibility index (Phi) is 16.7. The van der Waals surface area contributed by atoms with E-state index in [-0.39, 0.29) is 36.8 Å². The van der Waals surface area contributed by atoms with Gasteiger partial charge >= 0.3 is 12.1 Å². The smallest absolute Gasteiger partial charge is 0.373 e.